The van der Waals surface area contributed by atoms with Gasteiger partial charge in [-0.1, -0.05) is 155 Å². The second kappa shape index (κ2) is 9.77. The Morgan fingerprint density at radius 2 is 0.886 bits per heavy atom. The molecule has 0 radical (unpaired) electrons. The molecule has 0 amide bonds. The average Bonchev–Trinajstić information content (AvgIpc) is 3.15. The lowest BCUT2D eigenvalue weighted by molar-refractivity contribution is 0.558. The SMILES string of the molecule is CC(C)(C)c1cc(C(C)(C)C)c2c(c1)C(C)(C)C[Si]21P[Si]2(CC(C)(C)c3cc(C(C)(C)C)cc(C(C)(C)C)c32)P1[Si](C)(C)C. The van der Waals surface area contributed by atoms with Crippen LogP contribution in [0.3, 0.4) is 0 Å². The molecule has 1 fully saturated rings. The Kier molecular flexibility index (Phi) is 7.83. The van der Waals surface area contributed by atoms with Crippen LogP contribution in [0.25, 0.3) is 0 Å². The monoisotopic (exact) mass is 680 g/mol. The van der Waals surface area contributed by atoms with Gasteiger partial charge in [-0.3, -0.25) is 0 Å². The minimum Gasteiger partial charge on any atom is -0.127 e. The fraction of sp³-hybridized carbons (Fsp3) is 0.692. The van der Waals surface area contributed by atoms with E-state index in [1.165, 1.54) is 19.8 Å². The number of rotatable bonds is 1. The largest absolute Gasteiger partial charge is 0.128 e. The molecule has 2 unspecified atom stereocenters. The lowest BCUT2D eigenvalue weighted by Gasteiger charge is -2.66. The van der Waals surface area contributed by atoms with Gasteiger partial charge in [0.2, 0.25) is 0 Å². The summed E-state index contributed by atoms with van der Waals surface area (Å²) in [4.78, 5) is 0. The van der Waals surface area contributed by atoms with Crippen LogP contribution >= 0.6 is 14.2 Å². The molecule has 3 heterocycles. The molecule has 0 N–H and O–H groups in total. The van der Waals surface area contributed by atoms with Crippen LogP contribution in [0.5, 0.6) is 0 Å². The molecule has 3 aliphatic heterocycles. The van der Waals surface area contributed by atoms with Gasteiger partial charge in [-0.05, 0) is 88.3 Å². The third-order valence-electron chi connectivity index (χ3n) is 11.2. The molecule has 1 saturated heterocycles. The second-order valence-electron chi connectivity index (χ2n) is 21.4. The Hall–Kier alpha value is -0.0494. The zero-order chi connectivity index (χ0) is 33.6. The van der Waals surface area contributed by atoms with Gasteiger partial charge in [-0.25, -0.2) is 0 Å². The van der Waals surface area contributed by atoms with E-state index < -0.39 is 22.6 Å². The second-order valence-corrected chi connectivity index (χ2v) is 59.1. The van der Waals surface area contributed by atoms with E-state index in [0.29, 0.717) is 0 Å². The fourth-order valence-corrected chi connectivity index (χ4v) is 136. The van der Waals surface area contributed by atoms with Crippen LogP contribution in [0, 0.1) is 0 Å². The smallest absolute Gasteiger partial charge is 0.127 e. The molecule has 0 aromatic heterocycles. The normalized spacial score (nSPS) is 28.5. The van der Waals surface area contributed by atoms with Gasteiger partial charge in [0.05, 0.1) is 7.74 Å². The highest BCUT2D eigenvalue weighted by molar-refractivity contribution is 8.72. The van der Waals surface area contributed by atoms with Crippen molar-refractivity contribution in [2.45, 2.75) is 175 Å². The molecule has 2 aromatic rings. The van der Waals surface area contributed by atoms with E-state index >= 15 is 0 Å². The lowest BCUT2D eigenvalue weighted by Crippen LogP contribution is -2.68. The highest BCUT2D eigenvalue weighted by Crippen LogP contribution is 2.87. The Morgan fingerprint density at radius 1 is 0.568 bits per heavy atom. The molecule has 0 saturated carbocycles. The summed E-state index contributed by atoms with van der Waals surface area (Å²) in [7, 11) is -3.67. The van der Waals surface area contributed by atoms with Crippen molar-refractivity contribution in [3.05, 3.63) is 57.6 Å². The van der Waals surface area contributed by atoms with E-state index in [4.69, 9.17) is 0 Å². The van der Waals surface area contributed by atoms with Gasteiger partial charge >= 0.3 is 0 Å². The molecule has 0 aliphatic carbocycles. The van der Waals surface area contributed by atoms with Crippen molar-refractivity contribution in [3.63, 3.8) is 0 Å². The van der Waals surface area contributed by atoms with E-state index in [-0.39, 0.29) is 39.1 Å². The number of hydrogen-bond donors (Lipinski definition) is 0. The summed E-state index contributed by atoms with van der Waals surface area (Å²) in [5, 5.41) is 3.98. The first-order chi connectivity index (χ1) is 19.4. The van der Waals surface area contributed by atoms with Crippen LogP contribution in [0.1, 0.15) is 144 Å². The summed E-state index contributed by atoms with van der Waals surface area (Å²) >= 11 is 0. The Balaban J connectivity index is 1.87. The Bertz CT molecular complexity index is 1410. The van der Waals surface area contributed by atoms with Crippen molar-refractivity contribution >= 4 is 47.2 Å². The maximum absolute atomic E-state index is 2.82. The number of hydrogen-bond acceptors (Lipinski definition) is 0. The molecule has 244 valence electrons. The van der Waals surface area contributed by atoms with Gasteiger partial charge in [0.15, 0.2) is 0 Å². The summed E-state index contributed by atoms with van der Waals surface area (Å²) < 4.78 is 0. The first-order valence-corrected chi connectivity index (χ1v) is 32.2. The molecule has 2 spiro atoms. The average molecular weight is 681 g/mol. The summed E-state index contributed by atoms with van der Waals surface area (Å²) in [5.74, 6) is 0. The van der Waals surface area contributed by atoms with Crippen molar-refractivity contribution in [2.24, 2.45) is 0 Å². The van der Waals surface area contributed by atoms with Gasteiger partial charge in [0, 0.05) is 0 Å². The highest BCUT2D eigenvalue weighted by atomic mass is 32.1. The summed E-state index contributed by atoms with van der Waals surface area (Å²) in [5.41, 5.74) is 11.4. The van der Waals surface area contributed by atoms with Crippen molar-refractivity contribution in [2.75, 3.05) is 0 Å². The summed E-state index contributed by atoms with van der Waals surface area (Å²) in [6.07, 6.45) is 0. The minimum atomic E-state index is -1.72. The van der Waals surface area contributed by atoms with Crippen LogP contribution in [0.15, 0.2) is 24.3 Å². The quantitative estimate of drug-likeness (QED) is 0.208. The molecule has 44 heavy (non-hydrogen) atoms. The first-order valence-electron chi connectivity index (χ1n) is 17.4. The maximum Gasteiger partial charge on any atom is 0.128 e. The molecule has 2 aromatic carbocycles. The Morgan fingerprint density at radius 3 is 1.14 bits per heavy atom. The predicted octanol–water partition coefficient (Wildman–Crippen LogP) is 11.5. The zero-order valence-corrected chi connectivity index (χ0v) is 37.1. The van der Waals surface area contributed by atoms with Gasteiger partial charge < -0.3 is 0 Å². The summed E-state index contributed by atoms with van der Waals surface area (Å²) in [6.45, 7) is 48.8. The van der Waals surface area contributed by atoms with E-state index in [0.717, 1.165) is 0 Å². The molecule has 2 atom stereocenters. The Labute approximate surface area is 278 Å². The van der Waals surface area contributed by atoms with Crippen LogP contribution in [-0.4, -0.2) is 22.6 Å². The van der Waals surface area contributed by atoms with Crippen molar-refractivity contribution in [3.8, 4) is 0 Å². The van der Waals surface area contributed by atoms with Crippen molar-refractivity contribution in [1.82, 2.24) is 0 Å². The van der Waals surface area contributed by atoms with Gasteiger partial charge in [0.25, 0.3) is 0 Å². The highest BCUT2D eigenvalue weighted by Gasteiger charge is 2.76. The van der Waals surface area contributed by atoms with E-state index in [2.05, 4.69) is 155 Å². The molecule has 3 aliphatic rings. The number of fused-ring (bicyclic) bond motifs is 4. The van der Waals surface area contributed by atoms with Crippen molar-refractivity contribution < 1.29 is 0 Å². The maximum atomic E-state index is 2.82. The zero-order valence-electron chi connectivity index (χ0n) is 32.2. The summed E-state index contributed by atoms with van der Waals surface area (Å²) in [6, 6.07) is 13.9. The van der Waals surface area contributed by atoms with Crippen molar-refractivity contribution in [1.29, 1.82) is 0 Å². The minimum absolute atomic E-state index is 0.0271. The molecular formula is C39H66P2Si3. The van der Waals surface area contributed by atoms with Crippen LogP contribution in [0.2, 0.25) is 31.7 Å². The van der Waals surface area contributed by atoms with E-state index in [9.17, 15) is 0 Å². The van der Waals surface area contributed by atoms with Crippen LogP contribution < -0.4 is 10.4 Å². The molecule has 0 nitrogen and oxygen atoms in total. The molecular weight excluding hydrogens is 615 g/mol. The third-order valence-corrected chi connectivity index (χ3v) is 87.7. The third kappa shape index (κ3) is 5.23. The predicted molar refractivity (Wildman–Crippen MR) is 213 cm³/mol. The van der Waals surface area contributed by atoms with Crippen LogP contribution in [0.4, 0.5) is 0 Å². The molecule has 5 rings (SSSR count). The van der Waals surface area contributed by atoms with Crippen LogP contribution in [-0.2, 0) is 32.5 Å². The fourth-order valence-electron chi connectivity index (χ4n) is 9.41. The molecule has 0 bridgehead atoms. The standard InChI is InChI=1S/C39H66P2Si3/c1-34(2,3)26-20-28(36(7,8)9)32-30(22-26)38(13,14)24-43(32)40-44(41(43)42(17,18)19)25-39(15,16)31-23-27(35(4,5)6)21-29(33(31)44)37(10,11)12/h20-23,40H,24-25H2,1-19H3. The van der Waals surface area contributed by atoms with Gasteiger partial charge in [-0.2, -0.15) is 0 Å². The lowest BCUT2D eigenvalue weighted by atomic mass is 9.75. The topological polar surface area (TPSA) is 0 Å². The number of benzene rings is 2. The van der Waals surface area contributed by atoms with Gasteiger partial charge in [0.1, 0.15) is 14.8 Å². The van der Waals surface area contributed by atoms with Gasteiger partial charge in [-0.15, -0.1) is 14.2 Å². The first kappa shape index (κ1) is 35.3. The van der Waals surface area contributed by atoms with E-state index in [1.54, 1.807) is 33.4 Å². The molecule has 5 heteroatoms. The van der Waals surface area contributed by atoms with E-state index in [1.807, 2.05) is 10.4 Å².